The van der Waals surface area contributed by atoms with Crippen LogP contribution in [0.2, 0.25) is 0 Å². The Balaban J connectivity index is 1.89. The van der Waals surface area contributed by atoms with Crippen LogP contribution in [-0.2, 0) is 11.3 Å². The highest BCUT2D eigenvalue weighted by atomic mass is 32.1. The minimum absolute atomic E-state index is 0.201. The fourth-order valence-electron chi connectivity index (χ4n) is 3.89. The van der Waals surface area contributed by atoms with Gasteiger partial charge in [-0.15, -0.1) is 11.3 Å². The molecule has 158 valence electrons. The summed E-state index contributed by atoms with van der Waals surface area (Å²) in [4.78, 5) is 6.04. The molecule has 2 heterocycles. The highest BCUT2D eigenvalue weighted by Crippen LogP contribution is 2.34. The lowest BCUT2D eigenvalue weighted by Gasteiger charge is -2.16. The number of hydrogen-bond acceptors (Lipinski definition) is 5. The molecule has 0 saturated carbocycles. The van der Waals surface area contributed by atoms with Crippen LogP contribution in [0.4, 0.5) is 5.69 Å². The van der Waals surface area contributed by atoms with Gasteiger partial charge in [0.1, 0.15) is 11.5 Å². The molecule has 0 bridgehead atoms. The molecule has 1 aliphatic heterocycles. The molecule has 5 nitrogen and oxygen atoms in total. The Bertz CT molecular complexity index is 1070. The van der Waals surface area contributed by atoms with Gasteiger partial charge in [0.05, 0.1) is 38.2 Å². The maximum absolute atomic E-state index is 5.96. The van der Waals surface area contributed by atoms with E-state index in [2.05, 4.69) is 42.0 Å². The molecule has 6 heteroatoms. The summed E-state index contributed by atoms with van der Waals surface area (Å²) >= 11 is 1.64. The summed E-state index contributed by atoms with van der Waals surface area (Å²) < 4.78 is 19.4. The van der Waals surface area contributed by atoms with Crippen LogP contribution in [0.25, 0.3) is 11.3 Å². The Hall–Kier alpha value is -2.57. The molecule has 0 amide bonds. The molecule has 30 heavy (non-hydrogen) atoms. The van der Waals surface area contributed by atoms with E-state index in [1.807, 2.05) is 18.2 Å². The van der Waals surface area contributed by atoms with Gasteiger partial charge in [-0.3, -0.25) is 0 Å². The van der Waals surface area contributed by atoms with Crippen molar-refractivity contribution < 1.29 is 14.2 Å². The number of rotatable bonds is 6. The number of methoxy groups -OCH3 is 2. The molecule has 1 fully saturated rings. The van der Waals surface area contributed by atoms with E-state index in [1.54, 1.807) is 25.6 Å². The average molecular weight is 425 g/mol. The van der Waals surface area contributed by atoms with Crippen LogP contribution in [0.3, 0.4) is 0 Å². The zero-order valence-electron chi connectivity index (χ0n) is 18.0. The van der Waals surface area contributed by atoms with Crippen LogP contribution < -0.4 is 14.3 Å². The molecule has 2 aromatic carbocycles. The Labute approximate surface area is 181 Å². The van der Waals surface area contributed by atoms with Crippen molar-refractivity contribution in [1.82, 2.24) is 4.57 Å². The summed E-state index contributed by atoms with van der Waals surface area (Å²) in [6.07, 6.45) is 2.38. The van der Waals surface area contributed by atoms with Crippen molar-refractivity contribution in [1.29, 1.82) is 0 Å². The van der Waals surface area contributed by atoms with E-state index < -0.39 is 0 Å². The highest BCUT2D eigenvalue weighted by molar-refractivity contribution is 7.07. The Kier molecular flexibility index (Phi) is 6.25. The molecule has 0 aliphatic carbocycles. The minimum Gasteiger partial charge on any atom is -0.497 e. The molecule has 1 aliphatic rings. The van der Waals surface area contributed by atoms with Gasteiger partial charge in [-0.2, -0.15) is 0 Å². The van der Waals surface area contributed by atoms with Crippen LogP contribution in [0.15, 0.2) is 46.8 Å². The number of ether oxygens (including phenoxy) is 3. The van der Waals surface area contributed by atoms with Gasteiger partial charge in [0.25, 0.3) is 0 Å². The zero-order chi connectivity index (χ0) is 21.1. The second-order valence-corrected chi connectivity index (χ2v) is 8.40. The van der Waals surface area contributed by atoms with Gasteiger partial charge in [0.15, 0.2) is 4.80 Å². The normalized spacial score (nSPS) is 16.8. The van der Waals surface area contributed by atoms with Crippen LogP contribution in [-0.4, -0.2) is 31.5 Å². The molecule has 1 saturated heterocycles. The fourth-order valence-corrected chi connectivity index (χ4v) is 4.81. The van der Waals surface area contributed by atoms with Gasteiger partial charge < -0.3 is 18.8 Å². The first-order valence-electron chi connectivity index (χ1n) is 10.2. The zero-order valence-corrected chi connectivity index (χ0v) is 18.8. The minimum atomic E-state index is 0.201. The van der Waals surface area contributed by atoms with E-state index in [4.69, 9.17) is 19.2 Å². The number of hydrogen-bond donors (Lipinski definition) is 0. The lowest BCUT2D eigenvalue weighted by atomic mass is 10.1. The number of benzene rings is 2. The number of thiazole rings is 1. The van der Waals surface area contributed by atoms with Crippen molar-refractivity contribution in [3.05, 3.63) is 57.7 Å². The van der Waals surface area contributed by atoms with Crippen molar-refractivity contribution in [3.8, 4) is 22.8 Å². The third-order valence-corrected chi connectivity index (χ3v) is 6.40. The van der Waals surface area contributed by atoms with Gasteiger partial charge in [-0.25, -0.2) is 4.99 Å². The topological polar surface area (TPSA) is 45.0 Å². The number of nitrogens with zero attached hydrogens (tertiary/aromatic N) is 2. The molecule has 1 atom stereocenters. The monoisotopic (exact) mass is 424 g/mol. The van der Waals surface area contributed by atoms with Gasteiger partial charge in [0, 0.05) is 17.6 Å². The first-order valence-corrected chi connectivity index (χ1v) is 11.1. The summed E-state index contributed by atoms with van der Waals surface area (Å²) in [5, 5.41) is 2.15. The van der Waals surface area contributed by atoms with Crippen molar-refractivity contribution in [2.45, 2.75) is 39.3 Å². The van der Waals surface area contributed by atoms with E-state index in [0.29, 0.717) is 0 Å². The Morgan fingerprint density at radius 2 is 1.93 bits per heavy atom. The molecule has 0 spiro atoms. The first-order chi connectivity index (χ1) is 14.6. The molecule has 0 N–H and O–H groups in total. The number of aromatic nitrogens is 1. The predicted octanol–water partition coefficient (Wildman–Crippen LogP) is 5.26. The molecular weight excluding hydrogens is 396 g/mol. The molecule has 1 aromatic heterocycles. The van der Waals surface area contributed by atoms with E-state index >= 15 is 0 Å². The van der Waals surface area contributed by atoms with E-state index in [0.717, 1.165) is 59.2 Å². The van der Waals surface area contributed by atoms with E-state index in [9.17, 15) is 0 Å². The molecule has 1 unspecified atom stereocenters. The Morgan fingerprint density at radius 3 is 2.60 bits per heavy atom. The fraction of sp³-hybridized carbons (Fsp3) is 0.375. The second-order valence-electron chi connectivity index (χ2n) is 7.57. The number of para-hydroxylation sites is 1. The average Bonchev–Trinajstić information content (AvgIpc) is 3.41. The SMILES string of the molecule is COc1ccc(OC)c(-c2csc(=Nc3c(C)cccc3C)n2CC2CCCO2)c1. The van der Waals surface area contributed by atoms with Gasteiger partial charge in [0.2, 0.25) is 0 Å². The van der Waals surface area contributed by atoms with Gasteiger partial charge >= 0.3 is 0 Å². The summed E-state index contributed by atoms with van der Waals surface area (Å²) in [6.45, 7) is 5.81. The molecular formula is C24H28N2O3S. The maximum atomic E-state index is 5.96. The molecule has 4 rings (SSSR count). The summed E-state index contributed by atoms with van der Waals surface area (Å²) in [6, 6.07) is 12.2. The summed E-state index contributed by atoms with van der Waals surface area (Å²) in [5.41, 5.74) is 5.44. The van der Waals surface area contributed by atoms with Crippen LogP contribution >= 0.6 is 11.3 Å². The van der Waals surface area contributed by atoms with Crippen molar-refractivity contribution in [2.24, 2.45) is 4.99 Å². The first kappa shape index (κ1) is 20.7. The molecule has 0 radical (unpaired) electrons. The largest absolute Gasteiger partial charge is 0.497 e. The second kappa shape index (κ2) is 9.06. The van der Waals surface area contributed by atoms with Crippen molar-refractivity contribution in [3.63, 3.8) is 0 Å². The van der Waals surface area contributed by atoms with E-state index in [-0.39, 0.29) is 6.10 Å². The van der Waals surface area contributed by atoms with Crippen molar-refractivity contribution >= 4 is 17.0 Å². The lowest BCUT2D eigenvalue weighted by Crippen LogP contribution is -2.24. The standard InChI is InChI=1S/C24H28N2O3S/c1-16-7-5-8-17(2)23(16)25-24-26(14-19-9-6-12-29-19)21(15-30-24)20-13-18(27-3)10-11-22(20)28-4/h5,7-8,10-11,13,15,19H,6,9,12,14H2,1-4H3. The third-order valence-electron chi connectivity index (χ3n) is 5.54. The third kappa shape index (κ3) is 4.16. The van der Waals surface area contributed by atoms with Crippen LogP contribution in [0.5, 0.6) is 11.5 Å². The highest BCUT2D eigenvalue weighted by Gasteiger charge is 2.21. The van der Waals surface area contributed by atoms with Gasteiger partial charge in [-0.1, -0.05) is 18.2 Å². The van der Waals surface area contributed by atoms with Crippen molar-refractivity contribution in [2.75, 3.05) is 20.8 Å². The lowest BCUT2D eigenvalue weighted by molar-refractivity contribution is 0.0968. The van der Waals surface area contributed by atoms with Gasteiger partial charge in [-0.05, 0) is 56.0 Å². The smallest absolute Gasteiger partial charge is 0.190 e. The molecule has 3 aromatic rings. The van der Waals surface area contributed by atoms with Crippen LogP contribution in [0.1, 0.15) is 24.0 Å². The predicted molar refractivity (Wildman–Crippen MR) is 121 cm³/mol. The Morgan fingerprint density at radius 1 is 1.13 bits per heavy atom. The van der Waals surface area contributed by atoms with E-state index in [1.165, 1.54) is 11.1 Å². The maximum Gasteiger partial charge on any atom is 0.190 e. The van der Waals surface area contributed by atoms with Crippen LogP contribution in [0, 0.1) is 13.8 Å². The number of aryl methyl sites for hydroxylation is 2. The quantitative estimate of drug-likeness (QED) is 0.542. The summed E-state index contributed by atoms with van der Waals surface area (Å²) in [5.74, 6) is 1.61. The summed E-state index contributed by atoms with van der Waals surface area (Å²) in [7, 11) is 3.38.